The smallest absolute Gasteiger partial charge is 0.256 e. The van der Waals surface area contributed by atoms with Crippen molar-refractivity contribution in [3.63, 3.8) is 0 Å². The zero-order valence-corrected chi connectivity index (χ0v) is 13.7. The lowest BCUT2D eigenvalue weighted by Crippen LogP contribution is -2.13. The Labute approximate surface area is 133 Å². The molecule has 0 saturated carbocycles. The van der Waals surface area contributed by atoms with Crippen LogP contribution in [0.2, 0.25) is 0 Å². The van der Waals surface area contributed by atoms with E-state index in [4.69, 9.17) is 5.26 Å². The number of nitrogens with one attached hydrogen (secondary N) is 1. The van der Waals surface area contributed by atoms with Crippen molar-refractivity contribution in [1.82, 2.24) is 0 Å². The molecular formula is C15H10Br2N2O. The quantitative estimate of drug-likeness (QED) is 0.807. The van der Waals surface area contributed by atoms with Gasteiger partial charge in [-0.3, -0.25) is 4.79 Å². The van der Waals surface area contributed by atoms with Crippen molar-refractivity contribution in [2.45, 2.75) is 6.92 Å². The predicted octanol–water partition coefficient (Wildman–Crippen LogP) is 4.64. The fourth-order valence-electron chi connectivity index (χ4n) is 1.68. The molecule has 0 aliphatic heterocycles. The molecule has 5 heteroatoms. The van der Waals surface area contributed by atoms with Crippen molar-refractivity contribution in [1.29, 1.82) is 5.26 Å². The van der Waals surface area contributed by atoms with Crippen molar-refractivity contribution in [2.24, 2.45) is 0 Å². The van der Waals surface area contributed by atoms with Crippen LogP contribution < -0.4 is 5.32 Å². The van der Waals surface area contributed by atoms with E-state index in [2.05, 4.69) is 37.2 Å². The second-order valence-corrected chi connectivity index (χ2v) is 5.95. The summed E-state index contributed by atoms with van der Waals surface area (Å²) < 4.78 is 1.42. The Morgan fingerprint density at radius 1 is 1.15 bits per heavy atom. The molecule has 1 amide bonds. The third-order valence-corrected chi connectivity index (χ3v) is 4.03. The minimum atomic E-state index is -0.206. The number of nitrogens with zero attached hydrogens (tertiary/aromatic N) is 1. The van der Waals surface area contributed by atoms with E-state index < -0.39 is 0 Å². The van der Waals surface area contributed by atoms with E-state index >= 15 is 0 Å². The standard InChI is InChI=1S/C15H10Br2N2O/c1-9-2-4-11(12(16)6-9)15(20)19-14-5-3-10(8-18)7-13(14)17/h2-7H,1H3,(H,19,20). The number of carbonyl (C=O) groups is 1. The van der Waals surface area contributed by atoms with Crippen molar-refractivity contribution >= 4 is 43.5 Å². The summed E-state index contributed by atoms with van der Waals surface area (Å²) in [7, 11) is 0. The Morgan fingerprint density at radius 2 is 1.90 bits per heavy atom. The Bertz CT molecular complexity index is 720. The number of anilines is 1. The Balaban J connectivity index is 2.26. The van der Waals surface area contributed by atoms with Crippen LogP contribution in [0.5, 0.6) is 0 Å². The lowest BCUT2D eigenvalue weighted by atomic mass is 10.1. The lowest BCUT2D eigenvalue weighted by Gasteiger charge is -2.09. The van der Waals surface area contributed by atoms with Gasteiger partial charge in [0.05, 0.1) is 22.9 Å². The molecule has 0 heterocycles. The van der Waals surface area contributed by atoms with Gasteiger partial charge >= 0.3 is 0 Å². The zero-order chi connectivity index (χ0) is 14.7. The van der Waals surface area contributed by atoms with Crippen LogP contribution in [0.25, 0.3) is 0 Å². The van der Waals surface area contributed by atoms with E-state index in [1.54, 1.807) is 24.3 Å². The van der Waals surface area contributed by atoms with Gasteiger partial charge in [0.1, 0.15) is 0 Å². The molecule has 20 heavy (non-hydrogen) atoms. The highest BCUT2D eigenvalue weighted by atomic mass is 79.9. The highest BCUT2D eigenvalue weighted by molar-refractivity contribution is 9.11. The minimum absolute atomic E-state index is 0.206. The van der Waals surface area contributed by atoms with Crippen molar-refractivity contribution in [3.05, 3.63) is 62.0 Å². The molecule has 0 aliphatic rings. The first-order valence-electron chi connectivity index (χ1n) is 5.78. The molecule has 2 aromatic rings. The minimum Gasteiger partial charge on any atom is -0.321 e. The van der Waals surface area contributed by atoms with Crippen LogP contribution in [-0.4, -0.2) is 5.91 Å². The molecule has 100 valence electrons. The van der Waals surface area contributed by atoms with Crippen LogP contribution in [0.3, 0.4) is 0 Å². The number of carbonyl (C=O) groups excluding carboxylic acids is 1. The van der Waals surface area contributed by atoms with E-state index in [1.807, 2.05) is 25.1 Å². The van der Waals surface area contributed by atoms with Gasteiger partial charge in [0.2, 0.25) is 0 Å². The first kappa shape index (κ1) is 14.8. The number of aryl methyl sites for hydroxylation is 1. The first-order valence-corrected chi connectivity index (χ1v) is 7.37. The number of amides is 1. The molecule has 0 unspecified atom stereocenters. The fraction of sp³-hybridized carbons (Fsp3) is 0.0667. The maximum atomic E-state index is 12.2. The van der Waals surface area contributed by atoms with Gasteiger partial charge in [0.25, 0.3) is 5.91 Å². The van der Waals surface area contributed by atoms with Gasteiger partial charge < -0.3 is 5.32 Å². The average Bonchev–Trinajstić information content (AvgIpc) is 2.40. The molecule has 0 spiro atoms. The molecule has 0 fully saturated rings. The van der Waals surface area contributed by atoms with Crippen LogP contribution in [0.4, 0.5) is 5.69 Å². The van der Waals surface area contributed by atoms with Crippen LogP contribution in [-0.2, 0) is 0 Å². The third kappa shape index (κ3) is 3.27. The summed E-state index contributed by atoms with van der Waals surface area (Å²) in [5.74, 6) is -0.206. The van der Waals surface area contributed by atoms with Gasteiger partial charge in [0, 0.05) is 8.95 Å². The van der Waals surface area contributed by atoms with Gasteiger partial charge in [-0.05, 0) is 74.7 Å². The largest absolute Gasteiger partial charge is 0.321 e. The first-order chi connectivity index (χ1) is 9.51. The van der Waals surface area contributed by atoms with E-state index in [0.29, 0.717) is 21.3 Å². The van der Waals surface area contributed by atoms with Gasteiger partial charge in [-0.1, -0.05) is 6.07 Å². The lowest BCUT2D eigenvalue weighted by molar-refractivity contribution is 0.102. The summed E-state index contributed by atoms with van der Waals surface area (Å²) in [6.07, 6.45) is 0. The second-order valence-electron chi connectivity index (χ2n) is 4.24. The summed E-state index contributed by atoms with van der Waals surface area (Å²) in [6, 6.07) is 12.6. The third-order valence-electron chi connectivity index (χ3n) is 2.72. The van der Waals surface area contributed by atoms with Gasteiger partial charge in [-0.2, -0.15) is 5.26 Å². The number of halogens is 2. The molecule has 1 N–H and O–H groups in total. The molecule has 0 radical (unpaired) electrons. The van der Waals surface area contributed by atoms with E-state index in [0.717, 1.165) is 10.0 Å². The topological polar surface area (TPSA) is 52.9 Å². The van der Waals surface area contributed by atoms with Gasteiger partial charge in [-0.15, -0.1) is 0 Å². The normalized spacial score (nSPS) is 9.90. The number of hydrogen-bond donors (Lipinski definition) is 1. The van der Waals surface area contributed by atoms with E-state index in [1.165, 1.54) is 0 Å². The van der Waals surface area contributed by atoms with Crippen LogP contribution in [0, 0.1) is 18.3 Å². The summed E-state index contributed by atoms with van der Waals surface area (Å²) in [5.41, 5.74) is 2.80. The molecule has 0 aliphatic carbocycles. The maximum absolute atomic E-state index is 12.2. The van der Waals surface area contributed by atoms with Crippen molar-refractivity contribution < 1.29 is 4.79 Å². The molecule has 0 bridgehead atoms. The second kappa shape index (κ2) is 6.21. The van der Waals surface area contributed by atoms with Crippen molar-refractivity contribution in [2.75, 3.05) is 5.32 Å². The number of benzene rings is 2. The number of hydrogen-bond acceptors (Lipinski definition) is 2. The van der Waals surface area contributed by atoms with E-state index in [-0.39, 0.29) is 5.91 Å². The molecular weight excluding hydrogens is 384 g/mol. The van der Waals surface area contributed by atoms with E-state index in [9.17, 15) is 4.79 Å². The predicted molar refractivity (Wildman–Crippen MR) is 85.7 cm³/mol. The Hall–Kier alpha value is -1.64. The molecule has 2 rings (SSSR count). The van der Waals surface area contributed by atoms with Crippen LogP contribution in [0.15, 0.2) is 45.3 Å². The maximum Gasteiger partial charge on any atom is 0.256 e. The summed E-state index contributed by atoms with van der Waals surface area (Å²) in [5, 5.41) is 11.6. The van der Waals surface area contributed by atoms with Crippen LogP contribution >= 0.6 is 31.9 Å². The van der Waals surface area contributed by atoms with Crippen molar-refractivity contribution in [3.8, 4) is 6.07 Å². The molecule has 3 nitrogen and oxygen atoms in total. The Morgan fingerprint density at radius 3 is 2.50 bits per heavy atom. The summed E-state index contributed by atoms with van der Waals surface area (Å²) >= 11 is 6.73. The Kier molecular flexibility index (Phi) is 4.58. The van der Waals surface area contributed by atoms with Gasteiger partial charge in [0.15, 0.2) is 0 Å². The zero-order valence-electron chi connectivity index (χ0n) is 10.6. The summed E-state index contributed by atoms with van der Waals surface area (Å²) in [6.45, 7) is 1.96. The number of rotatable bonds is 2. The van der Waals surface area contributed by atoms with Crippen LogP contribution in [0.1, 0.15) is 21.5 Å². The highest BCUT2D eigenvalue weighted by Gasteiger charge is 2.12. The molecule has 0 saturated heterocycles. The number of nitriles is 1. The van der Waals surface area contributed by atoms with Gasteiger partial charge in [-0.25, -0.2) is 0 Å². The average molecular weight is 394 g/mol. The fourth-order valence-corrected chi connectivity index (χ4v) is 2.83. The SMILES string of the molecule is Cc1ccc(C(=O)Nc2ccc(C#N)cc2Br)c(Br)c1. The monoisotopic (exact) mass is 392 g/mol. The highest BCUT2D eigenvalue weighted by Crippen LogP contribution is 2.25. The summed E-state index contributed by atoms with van der Waals surface area (Å²) in [4.78, 5) is 12.2. The molecule has 0 aromatic heterocycles. The molecule has 2 aromatic carbocycles. The molecule has 0 atom stereocenters.